The Morgan fingerprint density at radius 3 is 2.65 bits per heavy atom. The summed E-state index contributed by atoms with van der Waals surface area (Å²) in [6.07, 6.45) is 7.28. The molecule has 20 heavy (non-hydrogen) atoms. The van der Waals surface area contributed by atoms with Crippen molar-refractivity contribution in [3.63, 3.8) is 0 Å². The second-order valence-electron chi connectivity index (χ2n) is 5.57. The molecule has 1 aliphatic carbocycles. The van der Waals surface area contributed by atoms with Crippen molar-refractivity contribution in [2.24, 2.45) is 0 Å². The molecule has 0 bridgehead atoms. The number of hydrogen-bond acceptors (Lipinski definition) is 2. The summed E-state index contributed by atoms with van der Waals surface area (Å²) in [6.45, 7) is 2.31. The van der Waals surface area contributed by atoms with E-state index in [2.05, 4.69) is 10.6 Å². The Morgan fingerprint density at radius 1 is 1.25 bits per heavy atom. The van der Waals surface area contributed by atoms with Gasteiger partial charge in [0.15, 0.2) is 0 Å². The molecule has 1 aromatic rings. The van der Waals surface area contributed by atoms with Gasteiger partial charge in [-0.25, -0.2) is 0 Å². The lowest BCUT2D eigenvalue weighted by Gasteiger charge is -2.17. The fourth-order valence-electron chi connectivity index (χ4n) is 2.66. The molecule has 4 heteroatoms. The minimum Gasteiger partial charge on any atom is -0.376 e. The van der Waals surface area contributed by atoms with E-state index >= 15 is 0 Å². The quantitative estimate of drug-likeness (QED) is 0.827. The molecule has 0 spiro atoms. The Kier molecular flexibility index (Phi) is 5.72. The number of rotatable bonds is 4. The van der Waals surface area contributed by atoms with Crippen molar-refractivity contribution in [3.05, 3.63) is 28.8 Å². The summed E-state index contributed by atoms with van der Waals surface area (Å²) < 4.78 is 0. The van der Waals surface area contributed by atoms with Crippen molar-refractivity contribution in [2.75, 3.05) is 11.9 Å². The number of anilines is 1. The lowest BCUT2D eigenvalue weighted by atomic mass is 10.1. The van der Waals surface area contributed by atoms with E-state index in [1.165, 1.54) is 25.7 Å². The van der Waals surface area contributed by atoms with Crippen LogP contribution in [-0.2, 0) is 4.79 Å². The minimum absolute atomic E-state index is 0.0660. The molecule has 0 aromatic heterocycles. The predicted octanol–water partition coefficient (Wildman–Crippen LogP) is 3.90. The van der Waals surface area contributed by atoms with Crippen molar-refractivity contribution in [1.29, 1.82) is 0 Å². The summed E-state index contributed by atoms with van der Waals surface area (Å²) in [4.78, 5) is 12.0. The smallest absolute Gasteiger partial charge is 0.239 e. The Hall–Kier alpha value is -1.22. The monoisotopic (exact) mass is 294 g/mol. The van der Waals surface area contributed by atoms with Crippen LogP contribution in [0, 0.1) is 6.92 Å². The Morgan fingerprint density at radius 2 is 1.95 bits per heavy atom. The zero-order valence-electron chi connectivity index (χ0n) is 12.0. The van der Waals surface area contributed by atoms with Crippen LogP contribution in [0.1, 0.15) is 44.1 Å². The average Bonchev–Trinajstić information content (AvgIpc) is 2.68. The Labute approximate surface area is 126 Å². The van der Waals surface area contributed by atoms with E-state index in [-0.39, 0.29) is 5.91 Å². The summed E-state index contributed by atoms with van der Waals surface area (Å²) in [5.41, 5.74) is 2.02. The molecule has 1 amide bonds. The van der Waals surface area contributed by atoms with E-state index in [1.807, 2.05) is 25.1 Å². The number of aryl methyl sites for hydroxylation is 1. The lowest BCUT2D eigenvalue weighted by molar-refractivity contribution is -0.120. The van der Waals surface area contributed by atoms with E-state index in [4.69, 9.17) is 11.6 Å². The number of halogens is 1. The number of carbonyl (C=O) groups is 1. The number of hydrogen-bond donors (Lipinski definition) is 2. The zero-order valence-corrected chi connectivity index (χ0v) is 12.8. The van der Waals surface area contributed by atoms with Crippen LogP contribution in [0.15, 0.2) is 18.2 Å². The molecule has 1 aromatic carbocycles. The van der Waals surface area contributed by atoms with Crippen LogP contribution in [0.5, 0.6) is 0 Å². The van der Waals surface area contributed by atoms with Gasteiger partial charge >= 0.3 is 0 Å². The molecule has 1 fully saturated rings. The number of benzene rings is 1. The van der Waals surface area contributed by atoms with Crippen molar-refractivity contribution >= 4 is 23.2 Å². The summed E-state index contributed by atoms with van der Waals surface area (Å²) >= 11 is 5.97. The fourth-order valence-corrected chi connectivity index (χ4v) is 2.83. The van der Waals surface area contributed by atoms with E-state index in [0.29, 0.717) is 17.6 Å². The van der Waals surface area contributed by atoms with Crippen molar-refractivity contribution in [2.45, 2.75) is 51.5 Å². The van der Waals surface area contributed by atoms with Gasteiger partial charge < -0.3 is 10.6 Å². The van der Waals surface area contributed by atoms with E-state index in [1.54, 1.807) is 0 Å². The van der Waals surface area contributed by atoms with Gasteiger partial charge in [-0.3, -0.25) is 4.79 Å². The molecule has 0 unspecified atom stereocenters. The summed E-state index contributed by atoms with van der Waals surface area (Å²) in [6, 6.07) is 6.02. The van der Waals surface area contributed by atoms with Gasteiger partial charge in [0.25, 0.3) is 0 Å². The van der Waals surface area contributed by atoms with Crippen LogP contribution in [0.2, 0.25) is 5.02 Å². The van der Waals surface area contributed by atoms with E-state index < -0.39 is 0 Å². The minimum atomic E-state index is 0.0660. The zero-order chi connectivity index (χ0) is 14.4. The van der Waals surface area contributed by atoms with Gasteiger partial charge in [0.1, 0.15) is 0 Å². The molecule has 110 valence electrons. The second-order valence-corrected chi connectivity index (χ2v) is 6.01. The predicted molar refractivity (Wildman–Crippen MR) is 84.3 cm³/mol. The third-order valence-electron chi connectivity index (χ3n) is 3.86. The molecule has 1 aliphatic rings. The number of carbonyl (C=O) groups excluding carboxylic acids is 1. The molecule has 0 radical (unpaired) electrons. The normalized spacial score (nSPS) is 16.5. The van der Waals surface area contributed by atoms with Gasteiger partial charge in [0, 0.05) is 16.8 Å². The number of nitrogens with one attached hydrogen (secondary N) is 2. The molecule has 0 saturated heterocycles. The van der Waals surface area contributed by atoms with Crippen molar-refractivity contribution in [1.82, 2.24) is 5.32 Å². The van der Waals surface area contributed by atoms with Crippen LogP contribution < -0.4 is 10.6 Å². The van der Waals surface area contributed by atoms with Crippen LogP contribution in [0.4, 0.5) is 5.69 Å². The maximum atomic E-state index is 12.0. The lowest BCUT2D eigenvalue weighted by Crippen LogP contribution is -2.38. The average molecular weight is 295 g/mol. The number of amides is 1. The summed E-state index contributed by atoms with van der Waals surface area (Å²) in [7, 11) is 0. The van der Waals surface area contributed by atoms with Crippen LogP contribution >= 0.6 is 11.6 Å². The fraction of sp³-hybridized carbons (Fsp3) is 0.562. The van der Waals surface area contributed by atoms with Gasteiger partial charge in [-0.2, -0.15) is 0 Å². The molecule has 2 N–H and O–H groups in total. The molecule has 0 atom stereocenters. The Balaban J connectivity index is 1.81. The second kappa shape index (κ2) is 7.53. The van der Waals surface area contributed by atoms with E-state index in [0.717, 1.165) is 24.1 Å². The van der Waals surface area contributed by atoms with Crippen molar-refractivity contribution < 1.29 is 4.79 Å². The first-order valence-electron chi connectivity index (χ1n) is 7.44. The topological polar surface area (TPSA) is 41.1 Å². The first-order valence-corrected chi connectivity index (χ1v) is 7.82. The van der Waals surface area contributed by atoms with Gasteiger partial charge in [0.2, 0.25) is 5.91 Å². The molecule has 3 nitrogen and oxygen atoms in total. The van der Waals surface area contributed by atoms with E-state index in [9.17, 15) is 4.79 Å². The highest BCUT2D eigenvalue weighted by Gasteiger charge is 2.14. The van der Waals surface area contributed by atoms with Crippen LogP contribution in [-0.4, -0.2) is 18.5 Å². The highest BCUT2D eigenvalue weighted by molar-refractivity contribution is 6.30. The molecular formula is C16H23ClN2O. The van der Waals surface area contributed by atoms with Gasteiger partial charge in [-0.15, -0.1) is 0 Å². The highest BCUT2D eigenvalue weighted by Crippen LogP contribution is 2.20. The van der Waals surface area contributed by atoms with Gasteiger partial charge in [-0.05, 0) is 37.5 Å². The summed E-state index contributed by atoms with van der Waals surface area (Å²) in [5, 5.41) is 6.97. The first kappa shape index (κ1) is 15.2. The van der Waals surface area contributed by atoms with Gasteiger partial charge in [-0.1, -0.05) is 43.4 Å². The highest BCUT2D eigenvalue weighted by atomic mass is 35.5. The Bertz CT molecular complexity index is 454. The molecular weight excluding hydrogens is 272 g/mol. The largest absolute Gasteiger partial charge is 0.376 e. The van der Waals surface area contributed by atoms with Crippen LogP contribution in [0.3, 0.4) is 0 Å². The maximum Gasteiger partial charge on any atom is 0.239 e. The molecule has 0 aliphatic heterocycles. The standard InChI is InChI=1S/C16H23ClN2O/c1-12-8-9-13(17)10-15(12)18-11-16(20)19-14-6-4-2-3-5-7-14/h8-10,14,18H,2-7,11H2,1H3,(H,19,20). The van der Waals surface area contributed by atoms with Gasteiger partial charge in [0.05, 0.1) is 6.54 Å². The van der Waals surface area contributed by atoms with Crippen molar-refractivity contribution in [3.8, 4) is 0 Å². The third kappa shape index (κ3) is 4.71. The molecule has 2 rings (SSSR count). The molecule has 0 heterocycles. The van der Waals surface area contributed by atoms with Crippen LogP contribution in [0.25, 0.3) is 0 Å². The third-order valence-corrected chi connectivity index (χ3v) is 4.09. The molecule has 1 saturated carbocycles. The SMILES string of the molecule is Cc1ccc(Cl)cc1NCC(=O)NC1CCCCCC1. The first-order chi connectivity index (χ1) is 9.65. The maximum absolute atomic E-state index is 12.0. The summed E-state index contributed by atoms with van der Waals surface area (Å²) in [5.74, 6) is 0.0660.